The lowest BCUT2D eigenvalue weighted by Gasteiger charge is -2.42. The van der Waals surface area contributed by atoms with Crippen molar-refractivity contribution in [3.8, 4) is 0 Å². The molecule has 0 aliphatic carbocycles. The Morgan fingerprint density at radius 1 is 1.11 bits per heavy atom. The van der Waals surface area contributed by atoms with E-state index in [1.807, 2.05) is 0 Å². The van der Waals surface area contributed by atoms with Crippen molar-refractivity contribution in [1.82, 2.24) is 4.90 Å². The molecule has 1 saturated heterocycles. The molecule has 4 heteroatoms. The molecule has 0 radical (unpaired) electrons. The Labute approximate surface area is 116 Å². The van der Waals surface area contributed by atoms with Gasteiger partial charge in [0.15, 0.2) is 9.84 Å². The van der Waals surface area contributed by atoms with Gasteiger partial charge < -0.3 is 0 Å². The third-order valence-electron chi connectivity index (χ3n) is 4.18. The molecule has 1 aromatic carbocycles. The van der Waals surface area contributed by atoms with Crippen molar-refractivity contribution in [2.24, 2.45) is 0 Å². The van der Waals surface area contributed by atoms with Crippen LogP contribution in [0.3, 0.4) is 0 Å². The molecule has 0 bridgehead atoms. The van der Waals surface area contributed by atoms with Gasteiger partial charge in [-0.3, -0.25) is 4.90 Å². The van der Waals surface area contributed by atoms with Gasteiger partial charge in [0.25, 0.3) is 0 Å². The molecule has 19 heavy (non-hydrogen) atoms. The summed E-state index contributed by atoms with van der Waals surface area (Å²) in [5.41, 5.74) is 3.71. The van der Waals surface area contributed by atoms with Gasteiger partial charge in [-0.15, -0.1) is 0 Å². The van der Waals surface area contributed by atoms with E-state index in [9.17, 15) is 8.42 Å². The van der Waals surface area contributed by atoms with Crippen LogP contribution < -0.4 is 0 Å². The second-order valence-corrected chi connectivity index (χ2v) is 8.32. The van der Waals surface area contributed by atoms with Gasteiger partial charge in [-0.05, 0) is 38.8 Å². The van der Waals surface area contributed by atoms with Crippen LogP contribution in [0.2, 0.25) is 0 Å². The van der Waals surface area contributed by atoms with Gasteiger partial charge in [0.05, 0.1) is 11.5 Å². The van der Waals surface area contributed by atoms with Crippen LogP contribution in [0.25, 0.3) is 0 Å². The Morgan fingerprint density at radius 2 is 1.68 bits per heavy atom. The van der Waals surface area contributed by atoms with E-state index in [0.717, 1.165) is 0 Å². The lowest BCUT2D eigenvalue weighted by atomic mass is 9.88. The highest BCUT2D eigenvalue weighted by Crippen LogP contribution is 2.31. The van der Waals surface area contributed by atoms with Gasteiger partial charge in [-0.1, -0.05) is 23.8 Å². The maximum Gasteiger partial charge on any atom is 0.152 e. The third-order valence-corrected chi connectivity index (χ3v) is 5.79. The van der Waals surface area contributed by atoms with E-state index >= 15 is 0 Å². The zero-order valence-corrected chi connectivity index (χ0v) is 13.0. The van der Waals surface area contributed by atoms with E-state index in [4.69, 9.17) is 0 Å². The molecule has 0 N–H and O–H groups in total. The summed E-state index contributed by atoms with van der Waals surface area (Å²) in [5, 5.41) is 0. The maximum absolute atomic E-state index is 11.5. The van der Waals surface area contributed by atoms with Crippen LogP contribution in [0, 0.1) is 13.8 Å². The monoisotopic (exact) mass is 281 g/mol. The number of hydrogen-bond acceptors (Lipinski definition) is 3. The molecule has 1 aliphatic rings. The third kappa shape index (κ3) is 3.00. The first-order valence-corrected chi connectivity index (χ1v) is 8.58. The topological polar surface area (TPSA) is 37.4 Å². The lowest BCUT2D eigenvalue weighted by molar-refractivity contribution is 0.131. The zero-order valence-electron chi connectivity index (χ0n) is 12.2. The van der Waals surface area contributed by atoms with Gasteiger partial charge in [0.1, 0.15) is 0 Å². The minimum Gasteiger partial charge on any atom is -0.292 e. The van der Waals surface area contributed by atoms with Crippen molar-refractivity contribution in [3.63, 3.8) is 0 Å². The summed E-state index contributed by atoms with van der Waals surface area (Å²) in [6.45, 7) is 9.85. The van der Waals surface area contributed by atoms with Crippen LogP contribution >= 0.6 is 0 Å². The Morgan fingerprint density at radius 3 is 2.21 bits per heavy atom. The SMILES string of the molecule is Cc1ccc(C(C)(C)N2CCS(=O)(=O)CC2)c(C)c1. The van der Waals surface area contributed by atoms with Crippen LogP contribution in [0.1, 0.15) is 30.5 Å². The number of aryl methyl sites for hydroxylation is 2. The second-order valence-electron chi connectivity index (χ2n) is 6.02. The fourth-order valence-electron chi connectivity index (χ4n) is 2.94. The molecular weight excluding hydrogens is 258 g/mol. The van der Waals surface area contributed by atoms with Crippen LogP contribution in [-0.2, 0) is 15.4 Å². The maximum atomic E-state index is 11.5. The molecule has 106 valence electrons. The molecular formula is C15H23NO2S. The first-order valence-electron chi connectivity index (χ1n) is 6.75. The van der Waals surface area contributed by atoms with Crippen LogP contribution in [0.15, 0.2) is 18.2 Å². The number of rotatable bonds is 2. The molecule has 0 atom stereocenters. The smallest absolute Gasteiger partial charge is 0.152 e. The molecule has 3 nitrogen and oxygen atoms in total. The Bertz CT molecular complexity index is 562. The number of benzene rings is 1. The van der Waals surface area contributed by atoms with E-state index in [1.165, 1.54) is 16.7 Å². The fourth-order valence-corrected chi connectivity index (χ4v) is 4.14. The lowest BCUT2D eigenvalue weighted by Crippen LogP contribution is -2.50. The van der Waals surface area contributed by atoms with Crippen molar-refractivity contribution < 1.29 is 8.42 Å². The van der Waals surface area contributed by atoms with E-state index in [1.54, 1.807) is 0 Å². The highest BCUT2D eigenvalue weighted by Gasteiger charge is 2.34. The summed E-state index contributed by atoms with van der Waals surface area (Å²) >= 11 is 0. The van der Waals surface area contributed by atoms with Gasteiger partial charge in [0.2, 0.25) is 0 Å². The summed E-state index contributed by atoms with van der Waals surface area (Å²) in [6, 6.07) is 6.50. The second kappa shape index (κ2) is 4.91. The molecule has 0 amide bonds. The van der Waals surface area contributed by atoms with Crippen LogP contribution in [0.4, 0.5) is 0 Å². The van der Waals surface area contributed by atoms with Gasteiger partial charge >= 0.3 is 0 Å². The fraction of sp³-hybridized carbons (Fsp3) is 0.600. The Hall–Kier alpha value is -0.870. The molecule has 2 rings (SSSR count). The highest BCUT2D eigenvalue weighted by atomic mass is 32.2. The summed E-state index contributed by atoms with van der Waals surface area (Å²) < 4.78 is 23.1. The molecule has 1 aromatic rings. The standard InChI is InChI=1S/C15H23NO2S/c1-12-5-6-14(13(2)11-12)15(3,4)16-7-9-19(17,18)10-8-16/h5-6,11H,7-10H2,1-4H3. The van der Waals surface area contributed by atoms with Crippen LogP contribution in [0.5, 0.6) is 0 Å². The van der Waals surface area contributed by atoms with Gasteiger partial charge in [-0.25, -0.2) is 8.42 Å². The minimum absolute atomic E-state index is 0.117. The van der Waals surface area contributed by atoms with E-state index < -0.39 is 9.84 Å². The summed E-state index contributed by atoms with van der Waals surface area (Å²) in [4.78, 5) is 2.28. The summed E-state index contributed by atoms with van der Waals surface area (Å²) in [5.74, 6) is 0.558. The molecule has 1 heterocycles. The average Bonchev–Trinajstić information content (AvgIpc) is 2.27. The zero-order chi connectivity index (χ0) is 14.3. The molecule has 0 unspecified atom stereocenters. The normalized spacial score (nSPS) is 20.4. The van der Waals surface area contributed by atoms with Crippen LogP contribution in [-0.4, -0.2) is 37.9 Å². The average molecular weight is 281 g/mol. The predicted molar refractivity (Wildman–Crippen MR) is 79.2 cm³/mol. The van der Waals surface area contributed by atoms with Crippen molar-refractivity contribution in [2.45, 2.75) is 33.2 Å². The van der Waals surface area contributed by atoms with E-state index in [-0.39, 0.29) is 17.0 Å². The molecule has 1 fully saturated rings. The van der Waals surface area contributed by atoms with E-state index in [2.05, 4.69) is 50.8 Å². The highest BCUT2D eigenvalue weighted by molar-refractivity contribution is 7.91. The van der Waals surface area contributed by atoms with E-state index in [0.29, 0.717) is 13.1 Å². The summed E-state index contributed by atoms with van der Waals surface area (Å²) in [6.07, 6.45) is 0. The molecule has 1 aliphatic heterocycles. The summed E-state index contributed by atoms with van der Waals surface area (Å²) in [7, 11) is -2.82. The number of sulfone groups is 1. The molecule has 0 saturated carbocycles. The van der Waals surface area contributed by atoms with Crippen molar-refractivity contribution >= 4 is 9.84 Å². The quantitative estimate of drug-likeness (QED) is 0.834. The van der Waals surface area contributed by atoms with Crippen molar-refractivity contribution in [1.29, 1.82) is 0 Å². The Kier molecular flexibility index (Phi) is 3.76. The van der Waals surface area contributed by atoms with Gasteiger partial charge in [-0.2, -0.15) is 0 Å². The minimum atomic E-state index is -2.82. The largest absolute Gasteiger partial charge is 0.292 e. The number of hydrogen-bond donors (Lipinski definition) is 0. The number of nitrogens with zero attached hydrogens (tertiary/aromatic N) is 1. The first kappa shape index (κ1) is 14.5. The molecule has 0 spiro atoms. The predicted octanol–water partition coefficient (Wildman–Crippen LogP) is 2.27. The van der Waals surface area contributed by atoms with Crippen molar-refractivity contribution in [3.05, 3.63) is 34.9 Å². The Balaban J connectivity index is 2.27. The van der Waals surface area contributed by atoms with Crippen molar-refractivity contribution in [2.75, 3.05) is 24.6 Å². The van der Waals surface area contributed by atoms with Gasteiger partial charge in [0, 0.05) is 18.6 Å². The first-order chi connectivity index (χ1) is 8.72. The molecule has 0 aromatic heterocycles.